The van der Waals surface area contributed by atoms with Gasteiger partial charge >= 0.3 is 18.1 Å². The number of carbonyl (C=O) groups is 1. The molecule has 9 heteroatoms. The van der Waals surface area contributed by atoms with E-state index in [1.165, 1.54) is 0 Å². The highest BCUT2D eigenvalue weighted by Gasteiger charge is 2.57. The molecular formula is C25H22F5O3S+. The molecule has 0 aromatic heterocycles. The summed E-state index contributed by atoms with van der Waals surface area (Å²) in [6.07, 6.45) is -7.33. The van der Waals surface area contributed by atoms with E-state index in [2.05, 4.69) is 29.0 Å². The zero-order valence-electron chi connectivity index (χ0n) is 18.1. The highest BCUT2D eigenvalue weighted by molar-refractivity contribution is 7.97. The van der Waals surface area contributed by atoms with E-state index in [0.717, 1.165) is 20.2 Å². The molecule has 3 nitrogen and oxygen atoms in total. The van der Waals surface area contributed by atoms with Gasteiger partial charge in [0.1, 0.15) is 5.75 Å². The third kappa shape index (κ3) is 6.50. The quantitative estimate of drug-likeness (QED) is 0.190. The molecule has 34 heavy (non-hydrogen) atoms. The summed E-state index contributed by atoms with van der Waals surface area (Å²) in [5.41, 5.74) is 0.909. The number of aryl methyl sites for hydroxylation is 1. The molecule has 0 fully saturated rings. The average Bonchev–Trinajstić information content (AvgIpc) is 2.80. The Kier molecular flexibility index (Phi) is 8.19. The fourth-order valence-corrected chi connectivity index (χ4v) is 5.29. The molecular weight excluding hydrogens is 475 g/mol. The molecule has 180 valence electrons. The zero-order valence-corrected chi connectivity index (χ0v) is 19.0. The van der Waals surface area contributed by atoms with Crippen LogP contribution >= 0.6 is 0 Å². The lowest BCUT2D eigenvalue weighted by Gasteiger charge is -2.19. The summed E-state index contributed by atoms with van der Waals surface area (Å²) >= 11 is 0. The second-order valence-corrected chi connectivity index (χ2v) is 9.32. The van der Waals surface area contributed by atoms with Gasteiger partial charge in [-0.2, -0.15) is 22.0 Å². The van der Waals surface area contributed by atoms with Crippen molar-refractivity contribution >= 4 is 16.9 Å². The van der Waals surface area contributed by atoms with Crippen molar-refractivity contribution in [1.29, 1.82) is 0 Å². The first kappa shape index (κ1) is 25.6. The molecule has 0 bridgehead atoms. The second-order valence-electron chi connectivity index (χ2n) is 7.32. The molecule has 3 aromatic carbocycles. The summed E-state index contributed by atoms with van der Waals surface area (Å²) in [5, 5.41) is 0. The van der Waals surface area contributed by atoms with Crippen molar-refractivity contribution in [3.8, 4) is 5.75 Å². The summed E-state index contributed by atoms with van der Waals surface area (Å²) in [4.78, 5) is 15.0. The predicted octanol–water partition coefficient (Wildman–Crippen LogP) is 6.60. The van der Waals surface area contributed by atoms with Gasteiger partial charge in [-0.25, -0.2) is 4.79 Å². The Hall–Kier alpha value is -3.07. The third-order valence-electron chi connectivity index (χ3n) is 4.77. The van der Waals surface area contributed by atoms with Crippen molar-refractivity contribution in [1.82, 2.24) is 0 Å². The van der Waals surface area contributed by atoms with E-state index < -0.39 is 37.7 Å². The summed E-state index contributed by atoms with van der Waals surface area (Å²) in [6, 6.07) is 25.3. The van der Waals surface area contributed by atoms with Gasteiger partial charge in [0.2, 0.25) is 0 Å². The highest BCUT2D eigenvalue weighted by atomic mass is 32.2. The number of benzene rings is 3. The lowest BCUT2D eigenvalue weighted by Crippen LogP contribution is -2.37. The molecule has 0 amide bonds. The van der Waals surface area contributed by atoms with Gasteiger partial charge in [0.15, 0.2) is 21.3 Å². The van der Waals surface area contributed by atoms with Crippen LogP contribution in [0.4, 0.5) is 22.0 Å². The number of hydrogen-bond acceptors (Lipinski definition) is 3. The molecule has 3 rings (SSSR count). The number of alkyl halides is 5. The minimum absolute atomic E-state index is 0.350. The number of carbonyl (C=O) groups excluding carboxylic acids is 1. The van der Waals surface area contributed by atoms with Gasteiger partial charge < -0.3 is 9.47 Å². The van der Waals surface area contributed by atoms with Crippen LogP contribution in [0.2, 0.25) is 0 Å². The fourth-order valence-electron chi connectivity index (χ4n) is 3.06. The molecule has 0 heterocycles. The average molecular weight is 498 g/mol. The van der Waals surface area contributed by atoms with Crippen molar-refractivity contribution in [3.05, 3.63) is 84.4 Å². The first-order valence-corrected chi connectivity index (χ1v) is 11.5. The monoisotopic (exact) mass is 497 g/mol. The van der Waals surface area contributed by atoms with Crippen LogP contribution in [0, 0.1) is 6.92 Å². The second kappa shape index (κ2) is 10.9. The molecule has 0 saturated heterocycles. The largest absolute Gasteiger partial charge is 0.482 e. The van der Waals surface area contributed by atoms with Gasteiger partial charge in [-0.15, -0.1) is 0 Å². The first-order valence-electron chi connectivity index (χ1n) is 10.3. The van der Waals surface area contributed by atoms with Crippen molar-refractivity contribution < 1.29 is 36.2 Å². The lowest BCUT2D eigenvalue weighted by atomic mass is 10.2. The summed E-state index contributed by atoms with van der Waals surface area (Å²) in [6.45, 7) is 0.231. The van der Waals surface area contributed by atoms with Gasteiger partial charge in [0.05, 0.1) is 23.9 Å². The Balaban J connectivity index is 1.66. The van der Waals surface area contributed by atoms with Crippen LogP contribution in [-0.4, -0.2) is 31.3 Å². The minimum Gasteiger partial charge on any atom is -0.482 e. The van der Waals surface area contributed by atoms with E-state index in [1.807, 2.05) is 49.4 Å². The van der Waals surface area contributed by atoms with Crippen molar-refractivity contribution in [2.45, 2.75) is 40.1 Å². The van der Waals surface area contributed by atoms with Crippen LogP contribution in [-0.2, 0) is 20.4 Å². The predicted molar refractivity (Wildman–Crippen MR) is 118 cm³/mol. The van der Waals surface area contributed by atoms with Crippen LogP contribution in [0.15, 0.2) is 93.5 Å². The Labute approximate surface area is 196 Å². The maximum absolute atomic E-state index is 12.9. The smallest absolute Gasteiger partial charge is 0.453 e. The van der Waals surface area contributed by atoms with E-state index in [-0.39, 0.29) is 10.9 Å². The van der Waals surface area contributed by atoms with Gasteiger partial charge in [0.25, 0.3) is 0 Å². The van der Waals surface area contributed by atoms with E-state index in [1.54, 1.807) is 12.1 Å². The molecule has 0 N–H and O–H groups in total. The maximum atomic E-state index is 12.9. The molecule has 0 radical (unpaired) electrons. The van der Waals surface area contributed by atoms with Gasteiger partial charge in [-0.1, -0.05) is 36.4 Å². The molecule has 0 spiro atoms. The van der Waals surface area contributed by atoms with Gasteiger partial charge in [0, 0.05) is 5.56 Å². The van der Waals surface area contributed by atoms with E-state index in [9.17, 15) is 26.7 Å². The van der Waals surface area contributed by atoms with Crippen LogP contribution in [0.1, 0.15) is 12.0 Å². The van der Waals surface area contributed by atoms with Crippen LogP contribution < -0.4 is 4.74 Å². The molecule has 0 aliphatic carbocycles. The standard InChI is InChI=1S/C25H22F5O3S/c1-18-16-19(33-17-23(31)32-15-14-24(26,27)25(28,29)30)12-13-22(18)34(20-8-4-2-5-9-20)21-10-6-3-7-11-21/h2-13,16H,14-15,17H2,1H3/q+1. The molecule has 0 unspecified atom stereocenters. The molecule has 0 atom stereocenters. The number of esters is 1. The Morgan fingerprint density at radius 2 is 1.41 bits per heavy atom. The highest BCUT2D eigenvalue weighted by Crippen LogP contribution is 2.38. The molecule has 0 saturated carbocycles. The Bertz CT molecular complexity index is 1050. The number of hydrogen-bond donors (Lipinski definition) is 0. The fraction of sp³-hybridized carbons (Fsp3) is 0.240. The molecule has 0 aliphatic rings. The summed E-state index contributed by atoms with van der Waals surface area (Å²) < 4.78 is 72.0. The van der Waals surface area contributed by atoms with Crippen molar-refractivity contribution in [2.24, 2.45) is 0 Å². The Morgan fingerprint density at radius 1 is 0.853 bits per heavy atom. The van der Waals surface area contributed by atoms with Gasteiger partial charge in [-0.3, -0.25) is 0 Å². The SMILES string of the molecule is Cc1cc(OCC(=O)OCCC(F)(F)C(F)(F)F)ccc1[S+](c1ccccc1)c1ccccc1. The Morgan fingerprint density at radius 3 is 1.91 bits per heavy atom. The number of halogens is 5. The third-order valence-corrected chi connectivity index (χ3v) is 7.16. The van der Waals surface area contributed by atoms with Crippen LogP contribution in [0.3, 0.4) is 0 Å². The maximum Gasteiger partial charge on any atom is 0.453 e. The van der Waals surface area contributed by atoms with Crippen LogP contribution in [0.25, 0.3) is 0 Å². The normalized spacial score (nSPS) is 12.0. The topological polar surface area (TPSA) is 35.5 Å². The van der Waals surface area contributed by atoms with Crippen molar-refractivity contribution in [3.63, 3.8) is 0 Å². The van der Waals surface area contributed by atoms with Crippen molar-refractivity contribution in [2.75, 3.05) is 13.2 Å². The number of ether oxygens (including phenoxy) is 2. The zero-order chi connectivity index (χ0) is 24.8. The van der Waals surface area contributed by atoms with E-state index >= 15 is 0 Å². The number of rotatable bonds is 9. The molecule has 0 aliphatic heterocycles. The van der Waals surface area contributed by atoms with E-state index in [4.69, 9.17) is 4.74 Å². The first-order chi connectivity index (χ1) is 16.1. The van der Waals surface area contributed by atoms with E-state index in [0.29, 0.717) is 5.75 Å². The van der Waals surface area contributed by atoms with Crippen LogP contribution in [0.5, 0.6) is 5.75 Å². The molecule has 3 aromatic rings. The van der Waals surface area contributed by atoms with Gasteiger partial charge in [-0.05, 0) is 49.4 Å². The lowest BCUT2D eigenvalue weighted by molar-refractivity contribution is -0.286. The minimum atomic E-state index is -5.69. The summed E-state index contributed by atoms with van der Waals surface area (Å²) in [5.74, 6) is -5.60. The summed E-state index contributed by atoms with van der Waals surface area (Å²) in [7, 11) is -0.378.